The standard InChI is InChI=1S/C21H15F3N6S/c1-3-31-17-6-13(15-5-4-12(8-25)9-26-15)10-27-18(17)20-29-16-7-14(21(22,23)24)11-28-19(16)30(20)2/h4-7,9-11H,3H2,1-2H3. The van der Waals surface area contributed by atoms with Crippen LogP contribution in [0.4, 0.5) is 13.2 Å². The number of nitrogens with zero attached hydrogens (tertiary/aromatic N) is 6. The summed E-state index contributed by atoms with van der Waals surface area (Å²) in [6.07, 6.45) is -0.554. The van der Waals surface area contributed by atoms with Crippen LogP contribution >= 0.6 is 11.8 Å². The molecule has 0 amide bonds. The third-order valence-corrected chi connectivity index (χ3v) is 5.50. The molecule has 0 aromatic carbocycles. The predicted octanol–water partition coefficient (Wildman–Crippen LogP) is 5.09. The average Bonchev–Trinajstić information content (AvgIpc) is 3.09. The minimum atomic E-state index is -4.49. The van der Waals surface area contributed by atoms with Crippen molar-refractivity contribution in [2.45, 2.75) is 18.0 Å². The molecule has 4 heterocycles. The summed E-state index contributed by atoms with van der Waals surface area (Å²) in [4.78, 5) is 18.0. The summed E-state index contributed by atoms with van der Waals surface area (Å²) in [7, 11) is 1.70. The highest BCUT2D eigenvalue weighted by atomic mass is 32.2. The van der Waals surface area contributed by atoms with E-state index in [-0.39, 0.29) is 5.52 Å². The van der Waals surface area contributed by atoms with Crippen molar-refractivity contribution in [1.82, 2.24) is 24.5 Å². The molecule has 0 spiro atoms. The molecule has 4 rings (SSSR count). The highest BCUT2D eigenvalue weighted by molar-refractivity contribution is 7.99. The molecule has 0 aliphatic rings. The fourth-order valence-corrected chi connectivity index (χ4v) is 3.89. The number of thioether (sulfide) groups is 1. The largest absolute Gasteiger partial charge is 0.417 e. The van der Waals surface area contributed by atoms with Crippen molar-refractivity contribution < 1.29 is 13.2 Å². The van der Waals surface area contributed by atoms with Crippen LogP contribution < -0.4 is 0 Å². The molecule has 0 atom stereocenters. The predicted molar refractivity (Wildman–Crippen MR) is 111 cm³/mol. The van der Waals surface area contributed by atoms with Crippen molar-refractivity contribution >= 4 is 22.9 Å². The Kier molecular flexibility index (Phi) is 5.37. The molecule has 0 N–H and O–H groups in total. The number of halogens is 3. The lowest BCUT2D eigenvalue weighted by molar-refractivity contribution is -0.137. The third kappa shape index (κ3) is 3.96. The number of alkyl halides is 3. The van der Waals surface area contributed by atoms with E-state index in [0.29, 0.717) is 28.4 Å². The summed E-state index contributed by atoms with van der Waals surface area (Å²) in [6.45, 7) is 1.99. The van der Waals surface area contributed by atoms with Gasteiger partial charge in [-0.3, -0.25) is 9.97 Å². The van der Waals surface area contributed by atoms with Crippen LogP contribution in [0.25, 0.3) is 33.9 Å². The normalized spacial score (nSPS) is 11.6. The van der Waals surface area contributed by atoms with Crippen molar-refractivity contribution in [3.05, 3.63) is 54.0 Å². The van der Waals surface area contributed by atoms with E-state index in [1.807, 2.05) is 19.1 Å². The smallest absolute Gasteiger partial charge is 0.310 e. The maximum absolute atomic E-state index is 13.0. The van der Waals surface area contributed by atoms with Crippen LogP contribution in [0.3, 0.4) is 0 Å². The number of rotatable bonds is 4. The van der Waals surface area contributed by atoms with Crippen LogP contribution in [-0.4, -0.2) is 30.3 Å². The molecule has 0 fully saturated rings. The number of imidazole rings is 1. The average molecular weight is 440 g/mol. The molecular formula is C21H15F3N6S. The number of hydrogen-bond acceptors (Lipinski definition) is 6. The molecule has 156 valence electrons. The molecule has 0 unspecified atom stereocenters. The quantitative estimate of drug-likeness (QED) is 0.411. The van der Waals surface area contributed by atoms with E-state index >= 15 is 0 Å². The highest BCUT2D eigenvalue weighted by Gasteiger charge is 2.32. The van der Waals surface area contributed by atoms with Crippen molar-refractivity contribution in [3.63, 3.8) is 0 Å². The Morgan fingerprint density at radius 1 is 1.10 bits per heavy atom. The minimum Gasteiger partial charge on any atom is -0.310 e. The van der Waals surface area contributed by atoms with E-state index < -0.39 is 11.7 Å². The zero-order chi connectivity index (χ0) is 22.2. The van der Waals surface area contributed by atoms with Gasteiger partial charge in [-0.2, -0.15) is 18.4 Å². The Bertz CT molecular complexity index is 1310. The first kappa shape index (κ1) is 20.8. The molecule has 0 saturated heterocycles. The Labute approximate surface area is 179 Å². The number of aromatic nitrogens is 5. The molecular weight excluding hydrogens is 425 g/mol. The lowest BCUT2D eigenvalue weighted by Crippen LogP contribution is -2.05. The van der Waals surface area contributed by atoms with Crippen LogP contribution in [-0.2, 0) is 13.2 Å². The van der Waals surface area contributed by atoms with Gasteiger partial charge in [-0.25, -0.2) is 9.97 Å². The number of fused-ring (bicyclic) bond motifs is 1. The molecule has 0 bridgehead atoms. The fourth-order valence-electron chi connectivity index (χ4n) is 3.09. The van der Waals surface area contributed by atoms with Gasteiger partial charge in [-0.05, 0) is 30.0 Å². The van der Waals surface area contributed by atoms with Crippen molar-refractivity contribution in [2.75, 3.05) is 5.75 Å². The Hall–Kier alpha value is -3.45. The zero-order valence-electron chi connectivity index (χ0n) is 16.5. The van der Waals surface area contributed by atoms with Crippen LogP contribution in [0, 0.1) is 11.3 Å². The third-order valence-electron chi connectivity index (χ3n) is 4.59. The first-order valence-electron chi connectivity index (χ1n) is 9.21. The van der Waals surface area contributed by atoms with E-state index in [1.54, 1.807) is 41.7 Å². The maximum Gasteiger partial charge on any atom is 0.417 e. The van der Waals surface area contributed by atoms with Gasteiger partial charge in [0.05, 0.1) is 16.8 Å². The SMILES string of the molecule is CCSc1cc(-c2ccc(C#N)cn2)cnc1-c1nc2cc(C(F)(F)F)cnc2n1C. The van der Waals surface area contributed by atoms with Crippen molar-refractivity contribution in [1.29, 1.82) is 5.26 Å². The topological polar surface area (TPSA) is 80.3 Å². The van der Waals surface area contributed by atoms with E-state index in [4.69, 9.17) is 5.26 Å². The minimum absolute atomic E-state index is 0.152. The first-order valence-corrected chi connectivity index (χ1v) is 10.2. The van der Waals surface area contributed by atoms with Crippen LogP contribution in [0.2, 0.25) is 0 Å². The molecule has 4 aromatic heterocycles. The lowest BCUT2D eigenvalue weighted by Gasteiger charge is -2.10. The summed E-state index contributed by atoms with van der Waals surface area (Å²) in [5.41, 5.74) is 2.09. The molecule has 10 heteroatoms. The van der Waals surface area contributed by atoms with E-state index in [1.165, 1.54) is 6.20 Å². The Morgan fingerprint density at radius 2 is 1.90 bits per heavy atom. The summed E-state index contributed by atoms with van der Waals surface area (Å²) in [5, 5.41) is 8.94. The number of pyridine rings is 3. The second-order valence-corrected chi connectivity index (χ2v) is 7.91. The van der Waals surface area contributed by atoms with Gasteiger partial charge in [-0.1, -0.05) is 6.92 Å². The van der Waals surface area contributed by atoms with Gasteiger partial charge in [0.15, 0.2) is 11.5 Å². The Balaban J connectivity index is 1.82. The highest BCUT2D eigenvalue weighted by Crippen LogP contribution is 2.35. The fraction of sp³-hybridized carbons (Fsp3) is 0.190. The maximum atomic E-state index is 13.0. The van der Waals surface area contributed by atoms with Gasteiger partial charge < -0.3 is 4.57 Å². The summed E-state index contributed by atoms with van der Waals surface area (Å²) in [6, 6.07) is 8.36. The molecule has 0 saturated carbocycles. The number of nitriles is 1. The van der Waals surface area contributed by atoms with Crippen LogP contribution in [0.15, 0.2) is 47.8 Å². The summed E-state index contributed by atoms with van der Waals surface area (Å²) >= 11 is 1.54. The van der Waals surface area contributed by atoms with Crippen molar-refractivity contribution in [2.24, 2.45) is 7.05 Å². The van der Waals surface area contributed by atoms with Gasteiger partial charge in [0.1, 0.15) is 17.3 Å². The molecule has 31 heavy (non-hydrogen) atoms. The number of hydrogen-bond donors (Lipinski definition) is 0. The van der Waals surface area contributed by atoms with Gasteiger partial charge >= 0.3 is 6.18 Å². The van der Waals surface area contributed by atoms with E-state index in [9.17, 15) is 13.2 Å². The molecule has 0 radical (unpaired) electrons. The van der Waals surface area contributed by atoms with Crippen LogP contribution in [0.5, 0.6) is 0 Å². The monoisotopic (exact) mass is 440 g/mol. The number of aryl methyl sites for hydroxylation is 1. The van der Waals surface area contributed by atoms with Crippen LogP contribution in [0.1, 0.15) is 18.1 Å². The van der Waals surface area contributed by atoms with Crippen molar-refractivity contribution in [3.8, 4) is 28.8 Å². The Morgan fingerprint density at radius 3 is 2.55 bits per heavy atom. The summed E-state index contributed by atoms with van der Waals surface area (Å²) in [5.74, 6) is 1.19. The second kappa shape index (κ2) is 8.00. The van der Waals surface area contributed by atoms with Gasteiger partial charge in [0, 0.05) is 36.1 Å². The molecule has 4 aromatic rings. The summed E-state index contributed by atoms with van der Waals surface area (Å²) < 4.78 is 40.8. The lowest BCUT2D eigenvalue weighted by atomic mass is 10.1. The second-order valence-electron chi connectivity index (χ2n) is 6.61. The van der Waals surface area contributed by atoms with Gasteiger partial charge in [0.25, 0.3) is 0 Å². The molecule has 6 nitrogen and oxygen atoms in total. The van der Waals surface area contributed by atoms with Gasteiger partial charge in [0.2, 0.25) is 0 Å². The van der Waals surface area contributed by atoms with E-state index in [2.05, 4.69) is 19.9 Å². The van der Waals surface area contributed by atoms with E-state index in [0.717, 1.165) is 28.5 Å². The molecule has 0 aliphatic carbocycles. The first-order chi connectivity index (χ1) is 14.8. The van der Waals surface area contributed by atoms with Gasteiger partial charge in [-0.15, -0.1) is 11.8 Å². The zero-order valence-corrected chi connectivity index (χ0v) is 17.3. The molecule has 0 aliphatic heterocycles.